The summed E-state index contributed by atoms with van der Waals surface area (Å²) in [5.41, 5.74) is 1.11. The van der Waals surface area contributed by atoms with Crippen LogP contribution in [0.25, 0.3) is 5.69 Å². The van der Waals surface area contributed by atoms with E-state index in [1.807, 2.05) is 0 Å². The summed E-state index contributed by atoms with van der Waals surface area (Å²) in [6.45, 7) is 3.34. The quantitative estimate of drug-likeness (QED) is 0.632. The number of rotatable bonds is 8. The number of alkyl halides is 2. The smallest absolute Gasteiger partial charge is 0.320 e. The van der Waals surface area contributed by atoms with Crippen LogP contribution >= 0.6 is 11.6 Å². The summed E-state index contributed by atoms with van der Waals surface area (Å²) in [7, 11) is 0. The van der Waals surface area contributed by atoms with E-state index in [2.05, 4.69) is 10.1 Å². The minimum Gasteiger partial charge on any atom is -0.323 e. The van der Waals surface area contributed by atoms with Crippen LogP contribution in [0.5, 0.6) is 0 Å². The Bertz CT molecular complexity index is 902. The summed E-state index contributed by atoms with van der Waals surface area (Å²) in [5, 5.41) is 4.37. The van der Waals surface area contributed by atoms with Gasteiger partial charge in [-0.3, -0.25) is 9.78 Å². The van der Waals surface area contributed by atoms with Crippen LogP contribution < -0.4 is 4.90 Å². The summed E-state index contributed by atoms with van der Waals surface area (Å²) >= 11 is 6.26. The molecule has 1 aliphatic rings. The molecule has 0 atom stereocenters. The van der Waals surface area contributed by atoms with E-state index in [9.17, 15) is 18.4 Å². The number of likely N-dealkylation sites (N-methyl/N-ethyl adjacent to an activating group) is 1. The molecule has 2 aromatic heterocycles. The largest absolute Gasteiger partial charge is 0.323 e. The lowest BCUT2D eigenvalue weighted by Crippen LogP contribution is -2.42. The van der Waals surface area contributed by atoms with Gasteiger partial charge in [-0.15, -0.1) is 0 Å². The number of hydrogen-bond acceptors (Lipinski definition) is 4. The van der Waals surface area contributed by atoms with Gasteiger partial charge in [0, 0.05) is 38.8 Å². The van der Waals surface area contributed by atoms with Gasteiger partial charge < -0.3 is 14.7 Å². The van der Waals surface area contributed by atoms with Crippen molar-refractivity contribution in [2.24, 2.45) is 0 Å². The molecule has 0 aromatic carbocycles. The number of urea groups is 1. The van der Waals surface area contributed by atoms with Gasteiger partial charge in [-0.25, -0.2) is 18.3 Å². The van der Waals surface area contributed by atoms with Crippen LogP contribution in [-0.2, 0) is 4.79 Å². The van der Waals surface area contributed by atoms with Gasteiger partial charge in [-0.05, 0) is 26.0 Å². The number of aromatic nitrogens is 3. The summed E-state index contributed by atoms with van der Waals surface area (Å²) in [6, 6.07) is 3.14. The van der Waals surface area contributed by atoms with E-state index in [0.717, 1.165) is 6.92 Å². The van der Waals surface area contributed by atoms with Gasteiger partial charge in [0.05, 0.1) is 18.1 Å². The molecule has 0 radical (unpaired) electrons. The van der Waals surface area contributed by atoms with Crippen LogP contribution in [0.1, 0.15) is 20.3 Å². The van der Waals surface area contributed by atoms with Crippen molar-refractivity contribution in [3.8, 4) is 5.69 Å². The number of halogens is 3. The predicted octanol–water partition coefficient (Wildman–Crippen LogP) is 3.06. The maximum absolute atomic E-state index is 13.1. The van der Waals surface area contributed by atoms with Crippen LogP contribution in [0.15, 0.2) is 30.7 Å². The molecule has 1 fully saturated rings. The second kappa shape index (κ2) is 8.95. The molecule has 1 saturated heterocycles. The molecule has 0 N–H and O–H groups in total. The zero-order valence-corrected chi connectivity index (χ0v) is 17.5. The highest BCUT2D eigenvalue weighted by Gasteiger charge is 2.33. The third-order valence-corrected chi connectivity index (χ3v) is 5.07. The van der Waals surface area contributed by atoms with Crippen molar-refractivity contribution in [2.45, 2.75) is 26.2 Å². The van der Waals surface area contributed by atoms with E-state index in [-0.39, 0.29) is 24.1 Å². The molecule has 30 heavy (non-hydrogen) atoms. The molecule has 2 aromatic rings. The number of pyridine rings is 1. The Hall–Kier alpha value is -2.75. The fraction of sp³-hybridized carbons (Fsp3) is 0.474. The van der Waals surface area contributed by atoms with Gasteiger partial charge in [0.2, 0.25) is 11.8 Å². The molecule has 0 aliphatic carbocycles. The monoisotopic (exact) mass is 440 g/mol. The second-order valence-electron chi connectivity index (χ2n) is 7.11. The van der Waals surface area contributed by atoms with Crippen molar-refractivity contribution in [2.75, 3.05) is 37.6 Å². The summed E-state index contributed by atoms with van der Waals surface area (Å²) in [5.74, 6) is -3.17. The van der Waals surface area contributed by atoms with E-state index in [1.54, 1.807) is 37.6 Å². The number of amides is 3. The molecule has 1 aliphatic heterocycles. The Kier molecular flexibility index (Phi) is 6.55. The van der Waals surface area contributed by atoms with E-state index >= 15 is 0 Å². The summed E-state index contributed by atoms with van der Waals surface area (Å²) in [6.07, 6.45) is 4.46. The maximum atomic E-state index is 13.1. The Labute approximate surface area is 178 Å². The molecule has 3 heterocycles. The molecule has 8 nitrogen and oxygen atoms in total. The van der Waals surface area contributed by atoms with Gasteiger partial charge in [0.25, 0.3) is 0 Å². The van der Waals surface area contributed by atoms with Gasteiger partial charge in [0.15, 0.2) is 5.15 Å². The van der Waals surface area contributed by atoms with Crippen LogP contribution in [0.3, 0.4) is 0 Å². The Morgan fingerprint density at radius 3 is 2.70 bits per heavy atom. The van der Waals surface area contributed by atoms with Crippen LogP contribution in [0, 0.1) is 0 Å². The molecule has 11 heteroatoms. The van der Waals surface area contributed by atoms with Crippen molar-refractivity contribution in [3.63, 3.8) is 0 Å². The molecular weight excluding hydrogens is 418 g/mol. The number of hydrogen-bond donors (Lipinski definition) is 0. The van der Waals surface area contributed by atoms with Crippen molar-refractivity contribution in [3.05, 3.63) is 35.9 Å². The zero-order chi connectivity index (χ0) is 21.9. The first-order valence-corrected chi connectivity index (χ1v) is 9.95. The lowest BCUT2D eigenvalue weighted by atomic mass is 10.2. The normalized spacial score (nSPS) is 14.5. The van der Waals surface area contributed by atoms with Crippen molar-refractivity contribution < 1.29 is 18.4 Å². The predicted molar refractivity (Wildman–Crippen MR) is 108 cm³/mol. The van der Waals surface area contributed by atoms with E-state index in [1.165, 1.54) is 19.4 Å². The number of nitrogens with zero attached hydrogens (tertiary/aromatic N) is 6. The fourth-order valence-corrected chi connectivity index (χ4v) is 3.43. The molecular formula is C19H23ClF2N6O2. The molecule has 0 saturated carbocycles. The SMILES string of the molecule is CCN(C(=O)CN1CCN(CCC(C)(F)F)C1=O)c1cn(-c2cccnc2)nc1Cl. The van der Waals surface area contributed by atoms with E-state index < -0.39 is 18.4 Å². The number of carbonyl (C=O) groups is 2. The molecule has 0 bridgehead atoms. The lowest BCUT2D eigenvalue weighted by molar-refractivity contribution is -0.119. The van der Waals surface area contributed by atoms with Crippen molar-refractivity contribution in [1.82, 2.24) is 24.6 Å². The van der Waals surface area contributed by atoms with Gasteiger partial charge in [0.1, 0.15) is 12.2 Å². The first-order valence-electron chi connectivity index (χ1n) is 9.57. The summed E-state index contributed by atoms with van der Waals surface area (Å²) < 4.78 is 27.7. The minimum absolute atomic E-state index is 0.0474. The number of carbonyl (C=O) groups excluding carboxylic acids is 2. The average molecular weight is 441 g/mol. The standard InChI is InChI=1S/C19H23ClF2N6O2/c1-3-27(15-12-28(24-17(15)20)14-5-4-7-23-11-14)16(29)13-26-10-9-25(18(26)30)8-6-19(2,21)22/h4-5,7,11-12H,3,6,8-10,13H2,1-2H3. The van der Waals surface area contributed by atoms with Crippen LogP contribution in [0.4, 0.5) is 19.3 Å². The Morgan fingerprint density at radius 1 is 1.33 bits per heavy atom. The molecule has 0 spiro atoms. The maximum Gasteiger partial charge on any atom is 0.320 e. The van der Waals surface area contributed by atoms with Crippen molar-refractivity contribution in [1.29, 1.82) is 0 Å². The Morgan fingerprint density at radius 2 is 2.07 bits per heavy atom. The van der Waals surface area contributed by atoms with Gasteiger partial charge in [-0.1, -0.05) is 11.6 Å². The highest BCUT2D eigenvalue weighted by atomic mass is 35.5. The minimum atomic E-state index is -2.84. The van der Waals surface area contributed by atoms with Gasteiger partial charge >= 0.3 is 6.03 Å². The first-order chi connectivity index (χ1) is 14.2. The average Bonchev–Trinajstić information content (AvgIpc) is 3.24. The fourth-order valence-electron chi connectivity index (χ4n) is 3.19. The third-order valence-electron chi connectivity index (χ3n) is 4.80. The lowest BCUT2D eigenvalue weighted by Gasteiger charge is -2.24. The first kappa shape index (κ1) is 21.9. The Balaban J connectivity index is 1.67. The van der Waals surface area contributed by atoms with Gasteiger partial charge in [-0.2, -0.15) is 5.10 Å². The van der Waals surface area contributed by atoms with Crippen molar-refractivity contribution >= 4 is 29.2 Å². The molecule has 0 unspecified atom stereocenters. The third kappa shape index (κ3) is 5.05. The molecule has 162 valence electrons. The number of anilines is 1. The zero-order valence-electron chi connectivity index (χ0n) is 16.8. The topological polar surface area (TPSA) is 74.6 Å². The molecule has 3 rings (SSSR count). The summed E-state index contributed by atoms with van der Waals surface area (Å²) in [4.78, 5) is 33.5. The van der Waals surface area contributed by atoms with E-state index in [4.69, 9.17) is 11.6 Å². The highest BCUT2D eigenvalue weighted by molar-refractivity contribution is 6.32. The van der Waals surface area contributed by atoms with Crippen LogP contribution in [-0.4, -0.2) is 75.1 Å². The molecule has 3 amide bonds. The van der Waals surface area contributed by atoms with E-state index in [0.29, 0.717) is 31.0 Å². The second-order valence-corrected chi connectivity index (χ2v) is 7.47. The van der Waals surface area contributed by atoms with Crippen LogP contribution in [0.2, 0.25) is 5.15 Å². The highest BCUT2D eigenvalue weighted by Crippen LogP contribution is 2.26.